The summed E-state index contributed by atoms with van der Waals surface area (Å²) in [6.45, 7) is 6.26. The van der Waals surface area contributed by atoms with Crippen molar-refractivity contribution in [2.24, 2.45) is 5.92 Å². The van der Waals surface area contributed by atoms with Crippen LogP contribution < -0.4 is 0 Å². The van der Waals surface area contributed by atoms with Gasteiger partial charge in [-0.15, -0.1) is 0 Å². The van der Waals surface area contributed by atoms with Gasteiger partial charge in [-0.1, -0.05) is 42.0 Å². The molecule has 0 aromatic heterocycles. The van der Waals surface area contributed by atoms with Crippen molar-refractivity contribution >= 4 is 11.4 Å². The van der Waals surface area contributed by atoms with E-state index < -0.39 is 0 Å². The first-order valence-electron chi connectivity index (χ1n) is 9.08. The quantitative estimate of drug-likeness (QED) is 0.567. The van der Waals surface area contributed by atoms with Crippen LogP contribution in [-0.4, -0.2) is 17.3 Å². The lowest BCUT2D eigenvalue weighted by Crippen LogP contribution is -2.27. The molecular weight excluding hydrogens is 344 g/mol. The molecule has 1 unspecified atom stereocenters. The van der Waals surface area contributed by atoms with E-state index in [9.17, 15) is 5.26 Å². The zero-order valence-electron chi connectivity index (χ0n) is 16.5. The van der Waals surface area contributed by atoms with Gasteiger partial charge in [0, 0.05) is 34.8 Å². The van der Waals surface area contributed by atoms with Crippen LogP contribution in [-0.2, 0) is 5.41 Å². The Morgan fingerprint density at radius 3 is 2.36 bits per heavy atom. The fourth-order valence-corrected chi connectivity index (χ4v) is 3.99. The molecule has 0 saturated carbocycles. The Kier molecular flexibility index (Phi) is 4.87. The number of rotatable bonds is 2. The van der Waals surface area contributed by atoms with Crippen molar-refractivity contribution < 1.29 is 4.58 Å². The van der Waals surface area contributed by atoms with Crippen molar-refractivity contribution in [2.75, 3.05) is 7.05 Å². The third-order valence-electron chi connectivity index (χ3n) is 5.55. The summed E-state index contributed by atoms with van der Waals surface area (Å²) in [7, 11) is 2.03. The number of para-hydroxylation sites is 1. The van der Waals surface area contributed by atoms with Gasteiger partial charge in [-0.25, -0.2) is 0 Å². The number of hydrogen-bond donors (Lipinski definition) is 0. The summed E-state index contributed by atoms with van der Waals surface area (Å²) in [4.78, 5) is 0. The molecule has 0 saturated heterocycles. The second-order valence-corrected chi connectivity index (χ2v) is 7.58. The van der Waals surface area contributed by atoms with Gasteiger partial charge in [-0.05, 0) is 20.8 Å². The average molecular weight is 365 g/mol. The third kappa shape index (κ3) is 2.98. The van der Waals surface area contributed by atoms with E-state index in [4.69, 9.17) is 10.5 Å². The Labute approximate surface area is 166 Å². The number of hydrogen-bond acceptors (Lipinski definition) is 3. The van der Waals surface area contributed by atoms with E-state index in [1.54, 1.807) is 6.08 Å². The molecule has 0 fully saturated rings. The van der Waals surface area contributed by atoms with Crippen LogP contribution in [0.2, 0.25) is 0 Å². The normalized spacial score (nSPS) is 20.0. The lowest BCUT2D eigenvalue weighted by molar-refractivity contribution is -0.401. The molecule has 0 radical (unpaired) electrons. The first-order valence-corrected chi connectivity index (χ1v) is 9.08. The van der Waals surface area contributed by atoms with Gasteiger partial charge in [-0.3, -0.25) is 0 Å². The number of allylic oxidation sites excluding steroid dienone is 8. The molecule has 2 aliphatic rings. The Balaban J connectivity index is 2.06. The average Bonchev–Trinajstić information content (AvgIpc) is 2.88. The summed E-state index contributed by atoms with van der Waals surface area (Å²) < 4.78 is 2.15. The maximum atomic E-state index is 9.87. The number of fused-ring (bicyclic) bond motifs is 1. The minimum absolute atomic E-state index is 0.0815. The van der Waals surface area contributed by atoms with Crippen molar-refractivity contribution in [3.05, 3.63) is 76.4 Å². The smallest absolute Gasteiger partial charge is 0.198 e. The largest absolute Gasteiger partial charge is 0.209 e. The topological polar surface area (TPSA) is 74.4 Å². The van der Waals surface area contributed by atoms with E-state index in [0.717, 1.165) is 17.0 Å². The molecule has 1 aromatic rings. The number of nitrogens with zero attached hydrogens (tertiary/aromatic N) is 4. The van der Waals surface area contributed by atoms with Gasteiger partial charge in [-0.2, -0.15) is 20.4 Å². The van der Waals surface area contributed by atoms with Crippen LogP contribution in [0.3, 0.4) is 0 Å². The standard InChI is InChI=1S/C24H21N4/c1-16-11-17(19(14-26)15-27)9-10-20(16)18(13-25)12-23-24(2,3)21-7-5-6-8-22(21)28(23)4/h5-12,20H,1-4H3/q+1/b18-12+. The van der Waals surface area contributed by atoms with Crippen LogP contribution >= 0.6 is 0 Å². The van der Waals surface area contributed by atoms with Crippen LogP contribution in [0.1, 0.15) is 26.3 Å². The molecule has 4 nitrogen and oxygen atoms in total. The molecular formula is C24H21N4+. The molecule has 28 heavy (non-hydrogen) atoms. The van der Waals surface area contributed by atoms with Crippen molar-refractivity contribution in [2.45, 2.75) is 26.2 Å². The number of nitriles is 3. The SMILES string of the molecule is CC1=CC(=C(C#N)C#N)C=CC1/C(C#N)=C/C1=[N+](C)c2ccccc2C1(C)C. The van der Waals surface area contributed by atoms with Crippen LogP contribution in [0.25, 0.3) is 0 Å². The van der Waals surface area contributed by atoms with Crippen LogP contribution in [0, 0.1) is 39.9 Å². The van der Waals surface area contributed by atoms with E-state index >= 15 is 0 Å². The Bertz CT molecular complexity index is 1120. The van der Waals surface area contributed by atoms with Crippen molar-refractivity contribution in [1.82, 2.24) is 0 Å². The molecule has 4 heteroatoms. The fourth-order valence-electron chi connectivity index (χ4n) is 3.99. The molecule has 3 rings (SSSR count). The van der Waals surface area contributed by atoms with Gasteiger partial charge in [0.2, 0.25) is 5.69 Å². The van der Waals surface area contributed by atoms with E-state index in [1.807, 2.05) is 56.5 Å². The number of benzene rings is 1. The summed E-state index contributed by atoms with van der Waals surface area (Å²) in [5.74, 6) is -0.173. The molecule has 0 bridgehead atoms. The zero-order chi connectivity index (χ0) is 20.5. The first-order chi connectivity index (χ1) is 13.3. The van der Waals surface area contributed by atoms with Gasteiger partial charge < -0.3 is 0 Å². The highest BCUT2D eigenvalue weighted by Crippen LogP contribution is 2.40. The maximum absolute atomic E-state index is 9.87. The molecule has 1 heterocycles. The van der Waals surface area contributed by atoms with Gasteiger partial charge in [0.05, 0.1) is 11.5 Å². The fraction of sp³-hybridized carbons (Fsp3) is 0.250. The summed E-state index contributed by atoms with van der Waals surface area (Å²) in [5, 5.41) is 28.0. The third-order valence-corrected chi connectivity index (χ3v) is 5.55. The molecule has 1 aromatic carbocycles. The van der Waals surface area contributed by atoms with E-state index in [1.165, 1.54) is 5.56 Å². The molecule has 0 spiro atoms. The maximum Gasteiger partial charge on any atom is 0.209 e. The second-order valence-electron chi connectivity index (χ2n) is 7.58. The molecule has 1 aliphatic carbocycles. The summed E-state index contributed by atoms with van der Waals surface area (Å²) in [6.07, 6.45) is 7.45. The monoisotopic (exact) mass is 365 g/mol. The molecule has 0 N–H and O–H groups in total. The van der Waals surface area contributed by atoms with Crippen molar-refractivity contribution in [3.63, 3.8) is 0 Å². The minimum atomic E-state index is -0.205. The first kappa shape index (κ1) is 19.1. The predicted octanol–water partition coefficient (Wildman–Crippen LogP) is 4.62. The highest BCUT2D eigenvalue weighted by Gasteiger charge is 2.43. The minimum Gasteiger partial charge on any atom is -0.198 e. The van der Waals surface area contributed by atoms with Gasteiger partial charge in [0.1, 0.15) is 24.8 Å². The Morgan fingerprint density at radius 1 is 1.11 bits per heavy atom. The second kappa shape index (κ2) is 7.15. The van der Waals surface area contributed by atoms with Crippen LogP contribution in [0.5, 0.6) is 0 Å². The summed E-state index contributed by atoms with van der Waals surface area (Å²) >= 11 is 0. The lowest BCUT2D eigenvalue weighted by atomic mass is 9.79. The van der Waals surface area contributed by atoms with E-state index in [-0.39, 0.29) is 16.9 Å². The summed E-state index contributed by atoms with van der Waals surface area (Å²) in [6, 6.07) is 14.5. The lowest BCUT2D eigenvalue weighted by Gasteiger charge is -2.19. The Morgan fingerprint density at radius 2 is 1.79 bits per heavy atom. The zero-order valence-corrected chi connectivity index (χ0v) is 16.5. The summed E-state index contributed by atoms with van der Waals surface area (Å²) in [5.41, 5.74) is 5.51. The molecule has 1 aliphatic heterocycles. The highest BCUT2D eigenvalue weighted by molar-refractivity contribution is 6.03. The van der Waals surface area contributed by atoms with Crippen molar-refractivity contribution in [1.29, 1.82) is 15.8 Å². The van der Waals surface area contributed by atoms with Gasteiger partial charge in [0.25, 0.3) is 0 Å². The van der Waals surface area contributed by atoms with Crippen molar-refractivity contribution in [3.8, 4) is 18.2 Å². The van der Waals surface area contributed by atoms with E-state index in [2.05, 4.69) is 36.6 Å². The molecule has 136 valence electrons. The Hall–Kier alpha value is -3.68. The van der Waals surface area contributed by atoms with Crippen LogP contribution in [0.4, 0.5) is 5.69 Å². The molecule has 0 amide bonds. The van der Waals surface area contributed by atoms with Gasteiger partial charge in [0.15, 0.2) is 5.71 Å². The van der Waals surface area contributed by atoms with Crippen LogP contribution in [0.15, 0.2) is 70.9 Å². The molecule has 1 atom stereocenters. The highest BCUT2D eigenvalue weighted by atomic mass is 15.0. The van der Waals surface area contributed by atoms with Gasteiger partial charge >= 0.3 is 0 Å². The predicted molar refractivity (Wildman–Crippen MR) is 109 cm³/mol. The van der Waals surface area contributed by atoms with E-state index in [0.29, 0.717) is 11.1 Å².